The van der Waals surface area contributed by atoms with Crippen LogP contribution in [0.3, 0.4) is 0 Å². The van der Waals surface area contributed by atoms with Gasteiger partial charge in [-0.1, -0.05) is 5.57 Å². The van der Waals surface area contributed by atoms with Gasteiger partial charge < -0.3 is 5.73 Å². The second kappa shape index (κ2) is 4.04. The minimum Gasteiger partial charge on any atom is -0.327 e. The van der Waals surface area contributed by atoms with E-state index in [2.05, 4.69) is 27.4 Å². The van der Waals surface area contributed by atoms with Crippen molar-refractivity contribution < 1.29 is 0 Å². The van der Waals surface area contributed by atoms with E-state index in [-0.39, 0.29) is 0 Å². The molecule has 60 valence electrons. The fourth-order valence-electron chi connectivity index (χ4n) is 0.691. The lowest BCUT2D eigenvalue weighted by Crippen LogP contribution is -1.98. The summed E-state index contributed by atoms with van der Waals surface area (Å²) in [5.74, 6) is 0. The fourth-order valence-corrected chi connectivity index (χ4v) is 2.19. The van der Waals surface area contributed by atoms with Crippen LogP contribution in [-0.2, 0) is 0 Å². The zero-order valence-electron chi connectivity index (χ0n) is 6.30. The quantitative estimate of drug-likeness (QED) is 0.833. The van der Waals surface area contributed by atoms with E-state index in [4.69, 9.17) is 5.73 Å². The van der Waals surface area contributed by atoms with Gasteiger partial charge in [0.1, 0.15) is 0 Å². The minimum absolute atomic E-state index is 0.629. The topological polar surface area (TPSA) is 26.0 Å². The van der Waals surface area contributed by atoms with Crippen LogP contribution in [0.4, 0.5) is 0 Å². The van der Waals surface area contributed by atoms with Gasteiger partial charge >= 0.3 is 0 Å². The van der Waals surface area contributed by atoms with E-state index in [9.17, 15) is 0 Å². The summed E-state index contributed by atoms with van der Waals surface area (Å²) in [6.45, 7) is 2.66. The molecule has 0 spiro atoms. The summed E-state index contributed by atoms with van der Waals surface area (Å²) in [7, 11) is 0. The van der Waals surface area contributed by atoms with Gasteiger partial charge in [0.15, 0.2) is 0 Å². The summed E-state index contributed by atoms with van der Waals surface area (Å²) in [5.41, 5.74) is 6.66. The Bertz CT molecular complexity index is 265. The van der Waals surface area contributed by atoms with Gasteiger partial charge in [0, 0.05) is 15.9 Å². The molecule has 0 saturated carbocycles. The van der Waals surface area contributed by atoms with E-state index in [1.54, 1.807) is 11.3 Å². The van der Waals surface area contributed by atoms with Crippen molar-refractivity contribution in [2.75, 3.05) is 6.54 Å². The van der Waals surface area contributed by atoms with Gasteiger partial charge in [-0.05, 0) is 40.4 Å². The molecule has 0 saturated heterocycles. The average molecular weight is 232 g/mol. The van der Waals surface area contributed by atoms with E-state index < -0.39 is 0 Å². The van der Waals surface area contributed by atoms with Crippen LogP contribution >= 0.6 is 27.3 Å². The largest absolute Gasteiger partial charge is 0.327 e. The molecule has 1 nitrogen and oxygen atoms in total. The summed E-state index contributed by atoms with van der Waals surface area (Å²) >= 11 is 5.16. The van der Waals surface area contributed by atoms with E-state index in [0.29, 0.717) is 6.54 Å². The maximum atomic E-state index is 5.46. The molecule has 0 fully saturated rings. The Kier molecular flexibility index (Phi) is 3.30. The molecule has 0 atom stereocenters. The van der Waals surface area contributed by atoms with Gasteiger partial charge in [0.25, 0.3) is 0 Å². The monoisotopic (exact) mass is 231 g/mol. The molecule has 1 aromatic heterocycles. The first-order valence-electron chi connectivity index (χ1n) is 3.34. The predicted molar refractivity (Wildman–Crippen MR) is 54.7 cm³/mol. The van der Waals surface area contributed by atoms with Crippen LogP contribution in [0.15, 0.2) is 21.5 Å². The van der Waals surface area contributed by atoms with Gasteiger partial charge in [-0.25, -0.2) is 0 Å². The van der Waals surface area contributed by atoms with Gasteiger partial charge in [-0.15, -0.1) is 11.3 Å². The number of halogens is 1. The van der Waals surface area contributed by atoms with E-state index in [1.807, 2.05) is 13.0 Å². The molecule has 0 aliphatic heterocycles. The molecule has 3 heteroatoms. The van der Waals surface area contributed by atoms with Crippen molar-refractivity contribution in [2.45, 2.75) is 6.92 Å². The number of hydrogen-bond donors (Lipinski definition) is 1. The summed E-state index contributed by atoms with van der Waals surface area (Å²) in [6, 6.07) is 2.04. The highest BCUT2D eigenvalue weighted by atomic mass is 79.9. The minimum atomic E-state index is 0.629. The van der Waals surface area contributed by atoms with Crippen molar-refractivity contribution in [3.63, 3.8) is 0 Å². The molecule has 0 aliphatic carbocycles. The highest BCUT2D eigenvalue weighted by Gasteiger charge is 1.96. The second-order valence-electron chi connectivity index (χ2n) is 2.33. The third-order valence-electron chi connectivity index (χ3n) is 1.34. The van der Waals surface area contributed by atoms with Crippen LogP contribution in [0.1, 0.15) is 11.8 Å². The first kappa shape index (κ1) is 8.97. The van der Waals surface area contributed by atoms with Crippen LogP contribution in [0.25, 0.3) is 6.08 Å². The lowest BCUT2D eigenvalue weighted by Gasteiger charge is -1.93. The molecular formula is C8H10BrNS. The molecule has 0 unspecified atom stereocenters. The Labute approximate surface area is 79.0 Å². The fraction of sp³-hybridized carbons (Fsp3) is 0.250. The number of rotatable bonds is 2. The zero-order chi connectivity index (χ0) is 8.27. The summed E-state index contributed by atoms with van der Waals surface area (Å²) in [6.07, 6.45) is 2.11. The Balaban J connectivity index is 2.86. The van der Waals surface area contributed by atoms with Crippen LogP contribution in [0.5, 0.6) is 0 Å². The molecule has 2 N–H and O–H groups in total. The molecule has 1 rings (SSSR count). The number of thiophene rings is 1. The molecule has 0 radical (unpaired) electrons. The first-order chi connectivity index (χ1) is 5.24. The van der Waals surface area contributed by atoms with Crippen LogP contribution < -0.4 is 5.73 Å². The summed E-state index contributed by atoms with van der Waals surface area (Å²) in [4.78, 5) is 1.24. The lowest BCUT2D eigenvalue weighted by molar-refractivity contribution is 1.15. The number of nitrogens with two attached hydrogens (primary N) is 1. The van der Waals surface area contributed by atoms with Crippen molar-refractivity contribution in [3.8, 4) is 0 Å². The smallest absolute Gasteiger partial charge is 0.0412 e. The Morgan fingerprint density at radius 3 is 3.00 bits per heavy atom. The maximum Gasteiger partial charge on any atom is 0.0412 e. The molecule has 1 heterocycles. The Hall–Kier alpha value is -0.120. The van der Waals surface area contributed by atoms with Crippen molar-refractivity contribution in [3.05, 3.63) is 26.4 Å². The molecule has 1 aromatic rings. The normalized spacial score (nSPS) is 12.1. The average Bonchev–Trinajstić information content (AvgIpc) is 2.37. The zero-order valence-corrected chi connectivity index (χ0v) is 8.71. The molecule has 0 bridgehead atoms. The number of hydrogen-bond acceptors (Lipinski definition) is 2. The first-order valence-corrected chi connectivity index (χ1v) is 5.01. The highest BCUT2D eigenvalue weighted by molar-refractivity contribution is 9.10. The van der Waals surface area contributed by atoms with Crippen LogP contribution in [0, 0.1) is 0 Å². The molecule has 0 aliphatic rings. The molecule has 11 heavy (non-hydrogen) atoms. The van der Waals surface area contributed by atoms with Gasteiger partial charge in [0.05, 0.1) is 0 Å². The molecule has 0 amide bonds. The van der Waals surface area contributed by atoms with Gasteiger partial charge in [0.2, 0.25) is 0 Å². The molecular weight excluding hydrogens is 222 g/mol. The van der Waals surface area contributed by atoms with E-state index in [0.717, 1.165) is 4.47 Å². The van der Waals surface area contributed by atoms with Crippen molar-refractivity contribution in [1.29, 1.82) is 0 Å². The standard InChI is InChI=1S/C8H10BrNS/c1-6(5-10)4-8-7(9)2-3-11-8/h2-4H,5,10H2,1H3/b6-4-. The maximum absolute atomic E-state index is 5.46. The SMILES string of the molecule is C/C(=C/c1sccc1Br)CN. The highest BCUT2D eigenvalue weighted by Crippen LogP contribution is 2.24. The third kappa shape index (κ3) is 2.43. The lowest BCUT2D eigenvalue weighted by atomic mass is 10.2. The van der Waals surface area contributed by atoms with Crippen LogP contribution in [0.2, 0.25) is 0 Å². The predicted octanol–water partition coefficient (Wildman–Crippen LogP) is 2.87. The van der Waals surface area contributed by atoms with Gasteiger partial charge in [-0.3, -0.25) is 0 Å². The second-order valence-corrected chi connectivity index (χ2v) is 4.13. The van der Waals surface area contributed by atoms with E-state index >= 15 is 0 Å². The van der Waals surface area contributed by atoms with Gasteiger partial charge in [-0.2, -0.15) is 0 Å². The van der Waals surface area contributed by atoms with Crippen molar-refractivity contribution in [1.82, 2.24) is 0 Å². The summed E-state index contributed by atoms with van der Waals surface area (Å²) < 4.78 is 1.15. The van der Waals surface area contributed by atoms with Crippen molar-refractivity contribution >= 4 is 33.3 Å². The van der Waals surface area contributed by atoms with E-state index in [1.165, 1.54) is 10.5 Å². The van der Waals surface area contributed by atoms with Crippen molar-refractivity contribution in [2.24, 2.45) is 5.73 Å². The Morgan fingerprint density at radius 2 is 2.55 bits per heavy atom. The van der Waals surface area contributed by atoms with Crippen LogP contribution in [-0.4, -0.2) is 6.54 Å². The Morgan fingerprint density at radius 1 is 1.82 bits per heavy atom. The molecule has 0 aromatic carbocycles. The third-order valence-corrected chi connectivity index (χ3v) is 3.16. The summed E-state index contributed by atoms with van der Waals surface area (Å²) in [5, 5.41) is 2.06.